The van der Waals surface area contributed by atoms with Crippen LogP contribution in [0.25, 0.3) is 0 Å². The smallest absolute Gasteiger partial charge is 0.407 e. The molecule has 0 aliphatic carbocycles. The van der Waals surface area contributed by atoms with Gasteiger partial charge < -0.3 is 5.11 Å². The van der Waals surface area contributed by atoms with Crippen molar-refractivity contribution in [1.82, 2.24) is 4.90 Å². The molecule has 0 aliphatic rings. The number of nitrogens with zero attached hydrogens (tertiary/aromatic N) is 3. The average Bonchev–Trinajstić information content (AvgIpc) is 2.55. The summed E-state index contributed by atoms with van der Waals surface area (Å²) in [6.07, 6.45) is -1.16. The molecular formula is C15H13N3O6. The number of carbonyl (C=O) groups is 1. The minimum Gasteiger partial charge on any atom is -0.465 e. The molecule has 0 saturated carbocycles. The van der Waals surface area contributed by atoms with Gasteiger partial charge in [-0.3, -0.25) is 25.1 Å². The summed E-state index contributed by atoms with van der Waals surface area (Å²) in [5.74, 6) is 0. The number of benzene rings is 2. The summed E-state index contributed by atoms with van der Waals surface area (Å²) in [6, 6.07) is 11.2. The monoisotopic (exact) mass is 331 g/mol. The predicted molar refractivity (Wildman–Crippen MR) is 83.5 cm³/mol. The van der Waals surface area contributed by atoms with E-state index < -0.39 is 15.9 Å². The van der Waals surface area contributed by atoms with Gasteiger partial charge >= 0.3 is 6.09 Å². The molecule has 0 unspecified atom stereocenters. The van der Waals surface area contributed by atoms with Crippen LogP contribution in [-0.4, -0.2) is 25.9 Å². The van der Waals surface area contributed by atoms with Gasteiger partial charge in [-0.1, -0.05) is 24.3 Å². The first-order valence-corrected chi connectivity index (χ1v) is 6.81. The van der Waals surface area contributed by atoms with Gasteiger partial charge in [0.15, 0.2) is 0 Å². The quantitative estimate of drug-likeness (QED) is 0.639. The maximum absolute atomic E-state index is 11.4. The molecule has 0 spiro atoms. The molecule has 124 valence electrons. The van der Waals surface area contributed by atoms with E-state index in [1.165, 1.54) is 48.5 Å². The Morgan fingerprint density at radius 1 is 0.833 bits per heavy atom. The molecule has 0 aliphatic heterocycles. The summed E-state index contributed by atoms with van der Waals surface area (Å²) in [6.45, 7) is 0.0919. The van der Waals surface area contributed by atoms with Crippen molar-refractivity contribution in [2.75, 3.05) is 0 Å². The summed E-state index contributed by atoms with van der Waals surface area (Å²) < 4.78 is 0. The average molecular weight is 331 g/mol. The Hall–Kier alpha value is -3.49. The number of nitro benzene ring substituents is 2. The molecule has 0 bridgehead atoms. The highest BCUT2D eigenvalue weighted by Crippen LogP contribution is 2.17. The van der Waals surface area contributed by atoms with E-state index in [-0.39, 0.29) is 24.5 Å². The van der Waals surface area contributed by atoms with Gasteiger partial charge in [0.25, 0.3) is 11.4 Å². The van der Waals surface area contributed by atoms with Crippen molar-refractivity contribution < 1.29 is 19.7 Å². The fraction of sp³-hybridized carbons (Fsp3) is 0.133. The molecule has 0 fully saturated rings. The largest absolute Gasteiger partial charge is 0.465 e. The molecule has 0 aromatic heterocycles. The fourth-order valence-corrected chi connectivity index (χ4v) is 2.08. The molecular weight excluding hydrogens is 318 g/mol. The summed E-state index contributed by atoms with van der Waals surface area (Å²) in [5.41, 5.74) is 1.06. The van der Waals surface area contributed by atoms with Gasteiger partial charge in [-0.25, -0.2) is 4.79 Å². The van der Waals surface area contributed by atoms with Crippen LogP contribution >= 0.6 is 0 Å². The Kier molecular flexibility index (Phi) is 5.05. The minimum absolute atomic E-state index is 0.0459. The van der Waals surface area contributed by atoms with E-state index in [2.05, 4.69) is 0 Å². The van der Waals surface area contributed by atoms with E-state index in [4.69, 9.17) is 0 Å². The van der Waals surface area contributed by atoms with Gasteiger partial charge in [-0.15, -0.1) is 0 Å². The van der Waals surface area contributed by atoms with Crippen LogP contribution in [0, 0.1) is 20.2 Å². The lowest BCUT2D eigenvalue weighted by Gasteiger charge is -2.19. The van der Waals surface area contributed by atoms with Crippen LogP contribution in [-0.2, 0) is 13.1 Å². The molecule has 0 atom stereocenters. The standard InChI is InChI=1S/C15H13N3O6/c19-15(20)16(9-11-1-5-13(6-2-11)17(21)22)10-12-3-7-14(8-4-12)18(23)24/h1-8H,9-10H2,(H,19,20). The van der Waals surface area contributed by atoms with Gasteiger partial charge in [-0.05, 0) is 11.1 Å². The van der Waals surface area contributed by atoms with Crippen molar-refractivity contribution in [3.8, 4) is 0 Å². The number of hydrogen-bond acceptors (Lipinski definition) is 5. The Labute approximate surface area is 136 Å². The van der Waals surface area contributed by atoms with E-state index in [0.29, 0.717) is 11.1 Å². The van der Waals surface area contributed by atoms with E-state index >= 15 is 0 Å². The Balaban J connectivity index is 2.10. The van der Waals surface area contributed by atoms with Crippen molar-refractivity contribution in [3.63, 3.8) is 0 Å². The second-order valence-corrected chi connectivity index (χ2v) is 4.99. The van der Waals surface area contributed by atoms with Crippen molar-refractivity contribution in [2.45, 2.75) is 13.1 Å². The van der Waals surface area contributed by atoms with Gasteiger partial charge in [0, 0.05) is 37.4 Å². The number of hydrogen-bond donors (Lipinski definition) is 1. The summed E-state index contributed by atoms with van der Waals surface area (Å²) >= 11 is 0. The first-order valence-electron chi connectivity index (χ1n) is 6.81. The first kappa shape index (κ1) is 16.9. The second-order valence-electron chi connectivity index (χ2n) is 4.99. The van der Waals surface area contributed by atoms with Crippen LogP contribution in [0.3, 0.4) is 0 Å². The number of rotatable bonds is 6. The van der Waals surface area contributed by atoms with E-state index in [0.717, 1.165) is 4.90 Å². The molecule has 2 rings (SSSR count). The number of carboxylic acid groups (broad SMARTS) is 1. The van der Waals surface area contributed by atoms with E-state index in [1.54, 1.807) is 0 Å². The maximum Gasteiger partial charge on any atom is 0.407 e. The molecule has 0 radical (unpaired) electrons. The lowest BCUT2D eigenvalue weighted by Crippen LogP contribution is -2.28. The zero-order chi connectivity index (χ0) is 17.7. The molecule has 9 nitrogen and oxygen atoms in total. The molecule has 0 saturated heterocycles. The number of nitro groups is 2. The zero-order valence-corrected chi connectivity index (χ0v) is 12.4. The van der Waals surface area contributed by atoms with Gasteiger partial charge in [0.1, 0.15) is 0 Å². The molecule has 24 heavy (non-hydrogen) atoms. The summed E-state index contributed by atoms with van der Waals surface area (Å²) in [7, 11) is 0. The van der Waals surface area contributed by atoms with Crippen molar-refractivity contribution in [3.05, 3.63) is 79.9 Å². The normalized spacial score (nSPS) is 10.2. The van der Waals surface area contributed by atoms with Crippen LogP contribution in [0.1, 0.15) is 11.1 Å². The molecule has 2 aromatic carbocycles. The molecule has 2 aromatic rings. The lowest BCUT2D eigenvalue weighted by molar-refractivity contribution is -0.385. The van der Waals surface area contributed by atoms with Crippen LogP contribution in [0.5, 0.6) is 0 Å². The fourth-order valence-electron chi connectivity index (χ4n) is 2.08. The maximum atomic E-state index is 11.4. The van der Waals surface area contributed by atoms with Crippen molar-refractivity contribution in [2.24, 2.45) is 0 Å². The Morgan fingerprint density at radius 2 is 1.17 bits per heavy atom. The third-order valence-corrected chi connectivity index (χ3v) is 3.31. The predicted octanol–water partition coefficient (Wildman–Crippen LogP) is 3.18. The highest BCUT2D eigenvalue weighted by molar-refractivity contribution is 5.65. The number of non-ortho nitro benzene ring substituents is 2. The van der Waals surface area contributed by atoms with Gasteiger partial charge in [0.2, 0.25) is 0 Å². The highest BCUT2D eigenvalue weighted by Gasteiger charge is 2.15. The second kappa shape index (κ2) is 7.18. The van der Waals surface area contributed by atoms with Crippen LogP contribution in [0.2, 0.25) is 0 Å². The third kappa shape index (κ3) is 4.26. The third-order valence-electron chi connectivity index (χ3n) is 3.31. The van der Waals surface area contributed by atoms with Crippen molar-refractivity contribution >= 4 is 17.5 Å². The zero-order valence-electron chi connectivity index (χ0n) is 12.4. The minimum atomic E-state index is -1.16. The van der Waals surface area contributed by atoms with E-state index in [9.17, 15) is 30.1 Å². The van der Waals surface area contributed by atoms with Crippen LogP contribution in [0.4, 0.5) is 16.2 Å². The van der Waals surface area contributed by atoms with E-state index in [1.807, 2.05) is 0 Å². The highest BCUT2D eigenvalue weighted by atomic mass is 16.6. The van der Waals surface area contributed by atoms with Crippen molar-refractivity contribution in [1.29, 1.82) is 0 Å². The molecule has 1 amide bonds. The van der Waals surface area contributed by atoms with Gasteiger partial charge in [-0.2, -0.15) is 0 Å². The van der Waals surface area contributed by atoms with Crippen LogP contribution < -0.4 is 0 Å². The summed E-state index contributed by atoms with van der Waals surface area (Å²) in [5, 5.41) is 30.5. The number of amides is 1. The Morgan fingerprint density at radius 3 is 1.42 bits per heavy atom. The first-order chi connectivity index (χ1) is 11.4. The lowest BCUT2D eigenvalue weighted by atomic mass is 10.1. The summed E-state index contributed by atoms with van der Waals surface area (Å²) in [4.78, 5) is 32.6. The molecule has 1 N–H and O–H groups in total. The van der Waals surface area contributed by atoms with Gasteiger partial charge in [0.05, 0.1) is 9.85 Å². The topological polar surface area (TPSA) is 127 Å². The SMILES string of the molecule is O=C(O)N(Cc1ccc([N+](=O)[O-])cc1)Cc1ccc([N+](=O)[O-])cc1. The van der Waals surface area contributed by atoms with Crippen LogP contribution in [0.15, 0.2) is 48.5 Å². The molecule has 0 heterocycles. The Bertz CT molecular complexity index is 698. The molecule has 9 heteroatoms.